The monoisotopic (exact) mass is 676 g/mol. The van der Waals surface area contributed by atoms with Gasteiger partial charge in [0.1, 0.15) is 0 Å². The van der Waals surface area contributed by atoms with Gasteiger partial charge in [-0.3, -0.25) is 0 Å². The Bertz CT molecular complexity index is 688. The maximum absolute atomic E-state index is 11.0. The van der Waals surface area contributed by atoms with E-state index in [0.717, 1.165) is 25.7 Å². The summed E-state index contributed by atoms with van der Waals surface area (Å²) in [5, 5.41) is 0. The lowest BCUT2D eigenvalue weighted by molar-refractivity contribution is 0.137. The first-order valence-corrected chi connectivity index (χ1v) is 21.6. The number of hydrogen-bond donors (Lipinski definition) is 1. The fraction of sp³-hybridized carbons (Fsp3) is 0.814. The van der Waals surface area contributed by atoms with Crippen molar-refractivity contribution in [2.24, 2.45) is 0 Å². The van der Waals surface area contributed by atoms with Crippen molar-refractivity contribution in [3.05, 3.63) is 48.6 Å². The molecule has 1 atom stereocenters. The van der Waals surface area contributed by atoms with Crippen molar-refractivity contribution in [2.45, 2.75) is 227 Å². The molecule has 0 saturated carbocycles. The zero-order valence-corrected chi connectivity index (χ0v) is 33.4. The minimum atomic E-state index is -1.54. The van der Waals surface area contributed by atoms with E-state index in [1.807, 2.05) is 0 Å². The Kier molecular flexibility index (Phi) is 36.0. The molecular formula is C43H82NO2P. The van der Waals surface area contributed by atoms with Gasteiger partial charge in [0.15, 0.2) is 0 Å². The smallest absolute Gasteiger partial charge is 0.256 e. The van der Waals surface area contributed by atoms with Crippen molar-refractivity contribution in [1.82, 2.24) is 4.67 Å². The van der Waals surface area contributed by atoms with Crippen LogP contribution in [0.1, 0.15) is 208 Å². The first kappa shape index (κ1) is 46.3. The molecule has 0 heterocycles. The quantitative estimate of drug-likeness (QED) is 0.0412. The second-order valence-electron chi connectivity index (χ2n) is 14.3. The molecule has 0 amide bonds. The molecule has 0 fully saturated rings. The summed E-state index contributed by atoms with van der Waals surface area (Å²) in [6, 6.07) is 0.575. The summed E-state index contributed by atoms with van der Waals surface area (Å²) in [7, 11) is -1.54. The Morgan fingerprint density at radius 3 is 1.13 bits per heavy atom. The van der Waals surface area contributed by atoms with Crippen LogP contribution < -0.4 is 0 Å². The molecule has 0 saturated heterocycles. The topological polar surface area (TPSA) is 32.7 Å². The van der Waals surface area contributed by atoms with Gasteiger partial charge in [-0.1, -0.05) is 152 Å². The van der Waals surface area contributed by atoms with Gasteiger partial charge in [0, 0.05) is 12.1 Å². The van der Waals surface area contributed by atoms with Crippen LogP contribution in [0.15, 0.2) is 48.6 Å². The number of nitrogens with zero attached hydrogens (tertiary/aromatic N) is 1. The van der Waals surface area contributed by atoms with Crippen LogP contribution in [0.2, 0.25) is 0 Å². The average molecular weight is 676 g/mol. The van der Waals surface area contributed by atoms with Crippen molar-refractivity contribution >= 4 is 8.53 Å². The first-order chi connectivity index (χ1) is 22.9. The largest absolute Gasteiger partial charge is 0.338 e. The van der Waals surface area contributed by atoms with E-state index in [1.54, 1.807) is 0 Å². The van der Waals surface area contributed by atoms with Gasteiger partial charge in [-0.05, 0) is 105 Å². The van der Waals surface area contributed by atoms with Crippen LogP contribution in [0.3, 0.4) is 0 Å². The van der Waals surface area contributed by atoms with E-state index in [0.29, 0.717) is 0 Å². The summed E-state index contributed by atoms with van der Waals surface area (Å²) in [5.74, 6) is 0. The molecular weight excluding hydrogens is 593 g/mol. The first-order valence-electron chi connectivity index (χ1n) is 20.5. The molecule has 0 aromatic carbocycles. The lowest BCUT2D eigenvalue weighted by Gasteiger charge is -2.35. The molecule has 1 unspecified atom stereocenters. The van der Waals surface area contributed by atoms with Gasteiger partial charge < -0.3 is 9.42 Å². The summed E-state index contributed by atoms with van der Waals surface area (Å²) >= 11 is 0. The van der Waals surface area contributed by atoms with E-state index < -0.39 is 8.53 Å². The molecule has 1 N–H and O–H groups in total. The fourth-order valence-corrected chi connectivity index (χ4v) is 7.53. The SMILES string of the molecule is CCCCCC=CCC=CCCCCCCCCC(CCCCCCCCC=CCC=CCCCCC)OP(O)N(C(C)C)C(C)C. The summed E-state index contributed by atoms with van der Waals surface area (Å²) in [5.41, 5.74) is 0. The predicted molar refractivity (Wildman–Crippen MR) is 214 cm³/mol. The number of unbranched alkanes of at least 4 members (excludes halogenated alkanes) is 18. The van der Waals surface area contributed by atoms with E-state index in [2.05, 4.69) is 94.8 Å². The standard InChI is InChI=1S/C43H82NO2P/c1-7-9-11-13-15-17-19-21-23-25-27-29-31-33-35-37-39-43(46-47(45)44(41(3)4)42(5)6)40-38-36-34-32-30-28-26-24-22-20-18-16-14-12-10-8-2/h15-18,21-24,41-43,45H,7-14,19-20,25-40H2,1-6H3. The van der Waals surface area contributed by atoms with Crippen molar-refractivity contribution in [2.75, 3.05) is 0 Å². The molecule has 0 aromatic rings. The van der Waals surface area contributed by atoms with Gasteiger partial charge in [-0.2, -0.15) is 0 Å². The van der Waals surface area contributed by atoms with Crippen LogP contribution in [0.5, 0.6) is 0 Å². The second-order valence-corrected chi connectivity index (χ2v) is 15.5. The highest BCUT2D eigenvalue weighted by atomic mass is 31.2. The number of allylic oxidation sites excluding steroid dienone is 8. The van der Waals surface area contributed by atoms with E-state index >= 15 is 0 Å². The van der Waals surface area contributed by atoms with E-state index in [4.69, 9.17) is 4.52 Å². The van der Waals surface area contributed by atoms with Crippen molar-refractivity contribution in [3.63, 3.8) is 0 Å². The highest BCUT2D eigenvalue weighted by Crippen LogP contribution is 2.43. The third-order valence-electron chi connectivity index (χ3n) is 8.95. The second kappa shape index (κ2) is 36.5. The van der Waals surface area contributed by atoms with E-state index in [1.165, 1.54) is 141 Å². The lowest BCUT2D eigenvalue weighted by atomic mass is 10.0. The van der Waals surface area contributed by atoms with Crippen molar-refractivity contribution < 1.29 is 9.42 Å². The highest BCUT2D eigenvalue weighted by molar-refractivity contribution is 7.43. The predicted octanol–water partition coefficient (Wildman–Crippen LogP) is 15.1. The lowest BCUT2D eigenvalue weighted by Crippen LogP contribution is -2.33. The Morgan fingerprint density at radius 2 is 0.787 bits per heavy atom. The minimum absolute atomic E-state index is 0.183. The molecule has 0 aliphatic heterocycles. The molecule has 0 aliphatic carbocycles. The van der Waals surface area contributed by atoms with Gasteiger partial charge in [0.25, 0.3) is 8.53 Å². The summed E-state index contributed by atoms with van der Waals surface area (Å²) < 4.78 is 8.56. The zero-order chi connectivity index (χ0) is 34.6. The third kappa shape index (κ3) is 32.2. The Labute approximate surface area is 297 Å². The molecule has 0 spiro atoms. The number of rotatable bonds is 35. The summed E-state index contributed by atoms with van der Waals surface area (Å²) in [6.07, 6.45) is 51.8. The molecule has 0 radical (unpaired) electrons. The van der Waals surface area contributed by atoms with Gasteiger partial charge in [-0.25, -0.2) is 4.67 Å². The van der Waals surface area contributed by atoms with Crippen LogP contribution in [-0.4, -0.2) is 27.8 Å². The fourth-order valence-electron chi connectivity index (χ4n) is 6.15. The van der Waals surface area contributed by atoms with Crippen LogP contribution in [0.4, 0.5) is 0 Å². The van der Waals surface area contributed by atoms with Crippen LogP contribution in [0, 0.1) is 0 Å². The van der Waals surface area contributed by atoms with Crippen LogP contribution >= 0.6 is 8.53 Å². The van der Waals surface area contributed by atoms with Crippen LogP contribution in [0.25, 0.3) is 0 Å². The molecule has 47 heavy (non-hydrogen) atoms. The molecule has 0 bridgehead atoms. The van der Waals surface area contributed by atoms with Gasteiger partial charge >= 0.3 is 0 Å². The summed E-state index contributed by atoms with van der Waals surface area (Å²) in [4.78, 5) is 11.0. The molecule has 3 nitrogen and oxygen atoms in total. The maximum atomic E-state index is 11.0. The van der Waals surface area contributed by atoms with Crippen LogP contribution in [-0.2, 0) is 4.52 Å². The molecule has 276 valence electrons. The maximum Gasteiger partial charge on any atom is 0.256 e. The van der Waals surface area contributed by atoms with E-state index in [-0.39, 0.29) is 18.2 Å². The minimum Gasteiger partial charge on any atom is -0.338 e. The average Bonchev–Trinajstić information content (AvgIpc) is 3.03. The third-order valence-corrected chi connectivity index (χ3v) is 10.8. The van der Waals surface area contributed by atoms with Gasteiger partial charge in [0.05, 0.1) is 6.10 Å². The Hall–Kier alpha value is -0.730. The zero-order valence-electron chi connectivity index (χ0n) is 32.5. The Morgan fingerprint density at radius 1 is 0.468 bits per heavy atom. The molecule has 0 aromatic heterocycles. The number of hydrogen-bond acceptors (Lipinski definition) is 3. The Balaban J connectivity index is 4.19. The van der Waals surface area contributed by atoms with Gasteiger partial charge in [0.2, 0.25) is 0 Å². The van der Waals surface area contributed by atoms with Gasteiger partial charge in [-0.15, -0.1) is 0 Å². The van der Waals surface area contributed by atoms with Crippen molar-refractivity contribution in [3.8, 4) is 0 Å². The van der Waals surface area contributed by atoms with E-state index in [9.17, 15) is 4.89 Å². The molecule has 0 aliphatic rings. The van der Waals surface area contributed by atoms with Crippen molar-refractivity contribution in [1.29, 1.82) is 0 Å². The molecule has 4 heteroatoms. The highest BCUT2D eigenvalue weighted by Gasteiger charge is 2.26. The normalized spacial score (nSPS) is 14.1. The summed E-state index contributed by atoms with van der Waals surface area (Å²) in [6.45, 7) is 13.2. The molecule has 0 rings (SSSR count).